The summed E-state index contributed by atoms with van der Waals surface area (Å²) in [5, 5.41) is 0. The van der Waals surface area contributed by atoms with Crippen LogP contribution in [0.3, 0.4) is 0 Å². The maximum atomic E-state index is 12.1. The van der Waals surface area contributed by atoms with Crippen molar-refractivity contribution in [2.24, 2.45) is 0 Å². The predicted octanol–water partition coefficient (Wildman–Crippen LogP) is 2.34. The van der Waals surface area contributed by atoms with Crippen LogP contribution in [0.4, 0.5) is 5.69 Å². The monoisotopic (exact) mass is 285 g/mol. The quantitative estimate of drug-likeness (QED) is 0.631. The van der Waals surface area contributed by atoms with E-state index in [1.54, 1.807) is 31.2 Å². The van der Waals surface area contributed by atoms with Gasteiger partial charge < -0.3 is 4.74 Å². The van der Waals surface area contributed by atoms with Gasteiger partial charge in [-0.05, 0) is 26.0 Å². The number of nitrogens with zero attached hydrogens (tertiary/aromatic N) is 1. The fraction of sp³-hybridized carbons (Fsp3) is 0.188. The zero-order valence-corrected chi connectivity index (χ0v) is 12.0. The van der Waals surface area contributed by atoms with Gasteiger partial charge in [-0.25, -0.2) is 0 Å². The maximum Gasteiger partial charge on any atom is 0.236 e. The number of Topliss-reactive ketones (excluding diaryl/α,β-unsaturated/α-hetero) is 2. The number of para-hydroxylation sites is 1. The van der Waals surface area contributed by atoms with Crippen LogP contribution < -0.4 is 4.90 Å². The summed E-state index contributed by atoms with van der Waals surface area (Å²) in [5.41, 5.74) is 0.639. The standard InChI is InChI=1S/C16H15NO4/c1-10(18)15-11(2)21-14(16(15)20)9-17(12(3)19)13-7-5-4-6-8-13/h4-9H,1-3H3/b14-9+. The number of ether oxygens (including phenoxy) is 1. The molecule has 2 rings (SSSR count). The first-order valence-corrected chi connectivity index (χ1v) is 6.43. The van der Waals surface area contributed by atoms with Gasteiger partial charge in [0.1, 0.15) is 11.3 Å². The molecule has 5 heteroatoms. The van der Waals surface area contributed by atoms with Crippen LogP contribution in [0.25, 0.3) is 0 Å². The Labute approximate surface area is 122 Å². The molecule has 0 fully saturated rings. The lowest BCUT2D eigenvalue weighted by Gasteiger charge is -2.16. The van der Waals surface area contributed by atoms with E-state index in [0.717, 1.165) is 0 Å². The number of amides is 1. The number of ketones is 2. The smallest absolute Gasteiger partial charge is 0.236 e. The van der Waals surface area contributed by atoms with Gasteiger partial charge in [0.05, 0.1) is 6.20 Å². The Balaban J connectivity index is 2.37. The van der Waals surface area contributed by atoms with Crippen molar-refractivity contribution >= 4 is 23.2 Å². The average Bonchev–Trinajstić information content (AvgIpc) is 2.71. The zero-order chi connectivity index (χ0) is 15.6. The minimum absolute atomic E-state index is 0.0258. The van der Waals surface area contributed by atoms with Gasteiger partial charge in [0.2, 0.25) is 11.7 Å². The lowest BCUT2D eigenvalue weighted by molar-refractivity contribution is -0.118. The molecular weight excluding hydrogens is 270 g/mol. The van der Waals surface area contributed by atoms with Crippen molar-refractivity contribution in [1.82, 2.24) is 0 Å². The SMILES string of the molecule is CC(=O)C1=C(C)O/C(=C/N(C(C)=O)c2ccccc2)C1=O. The summed E-state index contributed by atoms with van der Waals surface area (Å²) in [6.45, 7) is 4.24. The Kier molecular flexibility index (Phi) is 4.03. The minimum atomic E-state index is -0.498. The van der Waals surface area contributed by atoms with E-state index in [-0.39, 0.29) is 28.8 Å². The molecule has 0 atom stereocenters. The van der Waals surface area contributed by atoms with Crippen LogP contribution in [0.2, 0.25) is 0 Å². The Hall–Kier alpha value is -2.69. The molecule has 0 unspecified atom stereocenters. The predicted molar refractivity (Wildman–Crippen MR) is 77.2 cm³/mol. The molecule has 0 saturated heterocycles. The van der Waals surface area contributed by atoms with Gasteiger partial charge in [-0.1, -0.05) is 18.2 Å². The van der Waals surface area contributed by atoms with E-state index in [1.165, 1.54) is 24.9 Å². The fourth-order valence-electron chi connectivity index (χ4n) is 2.09. The third-order valence-corrected chi connectivity index (χ3v) is 3.04. The van der Waals surface area contributed by atoms with Crippen LogP contribution in [0.5, 0.6) is 0 Å². The van der Waals surface area contributed by atoms with Gasteiger partial charge >= 0.3 is 0 Å². The summed E-state index contributed by atoms with van der Waals surface area (Å²) >= 11 is 0. The number of anilines is 1. The number of carbonyl (C=O) groups excluding carboxylic acids is 3. The topological polar surface area (TPSA) is 63.7 Å². The summed E-state index contributed by atoms with van der Waals surface area (Å²) in [6, 6.07) is 8.87. The molecule has 0 bridgehead atoms. The zero-order valence-electron chi connectivity index (χ0n) is 12.0. The second-order valence-corrected chi connectivity index (χ2v) is 4.64. The molecule has 5 nitrogen and oxygen atoms in total. The first kappa shape index (κ1) is 14.7. The van der Waals surface area contributed by atoms with Crippen molar-refractivity contribution in [2.75, 3.05) is 4.90 Å². The van der Waals surface area contributed by atoms with Crippen LogP contribution in [0, 0.1) is 0 Å². The Morgan fingerprint density at radius 2 is 1.76 bits per heavy atom. The Morgan fingerprint density at radius 1 is 1.14 bits per heavy atom. The molecule has 1 aliphatic heterocycles. The highest BCUT2D eigenvalue weighted by Crippen LogP contribution is 2.26. The van der Waals surface area contributed by atoms with E-state index in [1.807, 2.05) is 6.07 Å². The van der Waals surface area contributed by atoms with Crippen molar-refractivity contribution in [2.45, 2.75) is 20.8 Å². The van der Waals surface area contributed by atoms with E-state index < -0.39 is 5.78 Å². The van der Waals surface area contributed by atoms with Crippen molar-refractivity contribution in [3.05, 3.63) is 53.6 Å². The van der Waals surface area contributed by atoms with Crippen molar-refractivity contribution in [3.8, 4) is 0 Å². The molecule has 0 radical (unpaired) electrons. The molecule has 1 aliphatic rings. The first-order chi connectivity index (χ1) is 9.91. The number of hydrogen-bond acceptors (Lipinski definition) is 4. The molecule has 108 valence electrons. The molecule has 0 spiro atoms. The first-order valence-electron chi connectivity index (χ1n) is 6.43. The number of hydrogen-bond donors (Lipinski definition) is 0. The molecule has 1 heterocycles. The summed E-state index contributed by atoms with van der Waals surface area (Å²) in [5.74, 6) is -0.886. The molecule has 0 aliphatic carbocycles. The Morgan fingerprint density at radius 3 is 2.24 bits per heavy atom. The molecule has 0 N–H and O–H groups in total. The average molecular weight is 285 g/mol. The fourth-order valence-corrected chi connectivity index (χ4v) is 2.09. The van der Waals surface area contributed by atoms with E-state index in [9.17, 15) is 14.4 Å². The molecular formula is C16H15NO4. The van der Waals surface area contributed by atoms with Gasteiger partial charge in [-0.3, -0.25) is 19.3 Å². The van der Waals surface area contributed by atoms with Crippen molar-refractivity contribution in [3.63, 3.8) is 0 Å². The van der Waals surface area contributed by atoms with E-state index in [4.69, 9.17) is 4.74 Å². The highest BCUT2D eigenvalue weighted by molar-refractivity contribution is 6.26. The lowest BCUT2D eigenvalue weighted by Crippen LogP contribution is -2.23. The van der Waals surface area contributed by atoms with Crippen LogP contribution in [0.1, 0.15) is 20.8 Å². The normalized spacial score (nSPS) is 16.1. The summed E-state index contributed by atoms with van der Waals surface area (Å²) < 4.78 is 5.33. The molecule has 1 aromatic rings. The van der Waals surface area contributed by atoms with E-state index >= 15 is 0 Å². The third kappa shape index (κ3) is 2.91. The van der Waals surface area contributed by atoms with Crippen molar-refractivity contribution in [1.29, 1.82) is 0 Å². The molecule has 0 aromatic heterocycles. The highest BCUT2D eigenvalue weighted by Gasteiger charge is 2.32. The van der Waals surface area contributed by atoms with Gasteiger partial charge in [-0.15, -0.1) is 0 Å². The minimum Gasteiger partial charge on any atom is -0.455 e. The van der Waals surface area contributed by atoms with E-state index in [0.29, 0.717) is 5.69 Å². The largest absolute Gasteiger partial charge is 0.455 e. The number of benzene rings is 1. The highest BCUT2D eigenvalue weighted by atomic mass is 16.5. The maximum absolute atomic E-state index is 12.1. The number of rotatable bonds is 3. The Bertz CT molecular complexity index is 671. The van der Waals surface area contributed by atoms with Crippen molar-refractivity contribution < 1.29 is 19.1 Å². The van der Waals surface area contributed by atoms with Crippen LogP contribution in [-0.2, 0) is 19.1 Å². The van der Waals surface area contributed by atoms with Gasteiger partial charge in [0.25, 0.3) is 0 Å². The summed E-state index contributed by atoms with van der Waals surface area (Å²) in [6.07, 6.45) is 1.32. The lowest BCUT2D eigenvalue weighted by atomic mass is 10.1. The van der Waals surface area contributed by atoms with Gasteiger partial charge in [0, 0.05) is 12.6 Å². The summed E-state index contributed by atoms with van der Waals surface area (Å²) in [7, 11) is 0. The molecule has 1 amide bonds. The number of allylic oxidation sites excluding steroid dienone is 2. The van der Waals surface area contributed by atoms with Crippen LogP contribution >= 0.6 is 0 Å². The third-order valence-electron chi connectivity index (χ3n) is 3.04. The molecule has 1 aromatic carbocycles. The second kappa shape index (κ2) is 5.75. The summed E-state index contributed by atoms with van der Waals surface area (Å²) in [4.78, 5) is 36.7. The van der Waals surface area contributed by atoms with Crippen LogP contribution in [0.15, 0.2) is 53.6 Å². The number of carbonyl (C=O) groups is 3. The molecule has 21 heavy (non-hydrogen) atoms. The van der Waals surface area contributed by atoms with Gasteiger partial charge in [0.15, 0.2) is 11.5 Å². The van der Waals surface area contributed by atoms with E-state index in [2.05, 4.69) is 0 Å². The second-order valence-electron chi connectivity index (χ2n) is 4.64. The van der Waals surface area contributed by atoms with Gasteiger partial charge in [-0.2, -0.15) is 0 Å². The van der Waals surface area contributed by atoms with Crippen LogP contribution in [-0.4, -0.2) is 17.5 Å². The molecule has 0 saturated carbocycles.